The predicted molar refractivity (Wildman–Crippen MR) is 74.6 cm³/mol. The van der Waals surface area contributed by atoms with Crippen molar-refractivity contribution in [1.82, 2.24) is 0 Å². The number of hydrogen-bond acceptors (Lipinski definition) is 0. The van der Waals surface area contributed by atoms with E-state index in [4.69, 9.17) is 0 Å². The van der Waals surface area contributed by atoms with Crippen molar-refractivity contribution in [3.63, 3.8) is 0 Å². The van der Waals surface area contributed by atoms with Crippen LogP contribution in [0.4, 0.5) is 0 Å². The largest absolute Gasteiger partial charge is 0.0955 e. The van der Waals surface area contributed by atoms with Gasteiger partial charge in [-0.05, 0) is 42.0 Å². The van der Waals surface area contributed by atoms with Gasteiger partial charge in [-0.1, -0.05) is 57.2 Å². The van der Waals surface area contributed by atoms with E-state index in [1.165, 1.54) is 16.7 Å². The Kier molecular flexibility index (Phi) is 3.42. The molecule has 1 aromatic carbocycles. The van der Waals surface area contributed by atoms with Crippen LogP contribution >= 0.6 is 0 Å². The van der Waals surface area contributed by atoms with Crippen molar-refractivity contribution >= 4 is 11.1 Å². The molecule has 0 aliphatic carbocycles. The summed E-state index contributed by atoms with van der Waals surface area (Å²) in [5, 5.41) is 0. The van der Waals surface area contributed by atoms with Crippen molar-refractivity contribution in [1.29, 1.82) is 0 Å². The maximum absolute atomic E-state index is 4.02. The monoisotopic (exact) mass is 214 g/mol. The molecule has 0 spiro atoms. The predicted octanol–water partition coefficient (Wildman–Crippen LogP) is 5.05. The molecule has 0 radical (unpaired) electrons. The maximum atomic E-state index is 4.02. The van der Waals surface area contributed by atoms with Gasteiger partial charge in [0.25, 0.3) is 0 Å². The molecule has 0 unspecified atom stereocenters. The molecule has 1 aromatic rings. The first-order valence-electron chi connectivity index (χ1n) is 5.69. The second-order valence-electron chi connectivity index (χ2n) is 5.61. The molecule has 0 heteroatoms. The number of rotatable bonds is 2. The summed E-state index contributed by atoms with van der Waals surface area (Å²) in [4.78, 5) is 0. The standard InChI is InChI=1S/C16H22/c1-11(2)13-8-14(12(3)4)10-15(9-13)16(5,6)7/h8-10H,1,3H2,2,4-7H3. The van der Waals surface area contributed by atoms with E-state index < -0.39 is 0 Å². The molecular formula is C16H22. The highest BCUT2D eigenvalue weighted by atomic mass is 14.2. The molecular weight excluding hydrogens is 192 g/mol. The fourth-order valence-electron chi connectivity index (χ4n) is 1.55. The molecule has 0 heterocycles. The summed E-state index contributed by atoms with van der Waals surface area (Å²) in [5.41, 5.74) is 6.14. The van der Waals surface area contributed by atoms with E-state index in [2.05, 4.69) is 52.1 Å². The van der Waals surface area contributed by atoms with E-state index in [0.29, 0.717) is 0 Å². The van der Waals surface area contributed by atoms with Gasteiger partial charge in [-0.2, -0.15) is 0 Å². The van der Waals surface area contributed by atoms with Crippen LogP contribution in [-0.4, -0.2) is 0 Å². The molecule has 0 amide bonds. The molecule has 0 saturated heterocycles. The van der Waals surface area contributed by atoms with E-state index in [1.807, 2.05) is 13.8 Å². The van der Waals surface area contributed by atoms with Crippen molar-refractivity contribution in [2.24, 2.45) is 0 Å². The van der Waals surface area contributed by atoms with Gasteiger partial charge < -0.3 is 0 Å². The lowest BCUT2D eigenvalue weighted by Gasteiger charge is -2.21. The third-order valence-corrected chi connectivity index (χ3v) is 2.78. The van der Waals surface area contributed by atoms with Crippen LogP contribution in [-0.2, 0) is 5.41 Å². The van der Waals surface area contributed by atoms with E-state index in [0.717, 1.165) is 11.1 Å². The summed E-state index contributed by atoms with van der Waals surface area (Å²) in [7, 11) is 0. The zero-order chi connectivity index (χ0) is 12.5. The number of benzene rings is 1. The average molecular weight is 214 g/mol. The molecule has 16 heavy (non-hydrogen) atoms. The van der Waals surface area contributed by atoms with Crippen molar-refractivity contribution < 1.29 is 0 Å². The first-order valence-corrected chi connectivity index (χ1v) is 5.69. The molecule has 86 valence electrons. The third-order valence-electron chi connectivity index (χ3n) is 2.78. The van der Waals surface area contributed by atoms with Crippen LogP contribution in [0, 0.1) is 0 Å². The van der Waals surface area contributed by atoms with Crippen LogP contribution < -0.4 is 0 Å². The minimum atomic E-state index is 0.162. The molecule has 0 fully saturated rings. The fourth-order valence-corrected chi connectivity index (χ4v) is 1.55. The highest BCUT2D eigenvalue weighted by molar-refractivity contribution is 5.70. The topological polar surface area (TPSA) is 0 Å². The minimum Gasteiger partial charge on any atom is -0.0955 e. The van der Waals surface area contributed by atoms with E-state index in [9.17, 15) is 0 Å². The van der Waals surface area contributed by atoms with Crippen molar-refractivity contribution in [2.75, 3.05) is 0 Å². The lowest BCUT2D eigenvalue weighted by atomic mass is 9.83. The lowest BCUT2D eigenvalue weighted by Crippen LogP contribution is -2.11. The molecule has 0 aliphatic rings. The quantitative estimate of drug-likeness (QED) is 0.646. The van der Waals surface area contributed by atoms with Gasteiger partial charge in [0, 0.05) is 0 Å². The fraction of sp³-hybridized carbons (Fsp3) is 0.375. The van der Waals surface area contributed by atoms with Crippen LogP contribution in [0.5, 0.6) is 0 Å². The molecule has 0 N–H and O–H groups in total. The summed E-state index contributed by atoms with van der Waals surface area (Å²) < 4.78 is 0. The van der Waals surface area contributed by atoms with Crippen LogP contribution in [0.25, 0.3) is 11.1 Å². The maximum Gasteiger partial charge on any atom is -0.0131 e. The molecule has 1 rings (SSSR count). The summed E-state index contributed by atoms with van der Waals surface area (Å²) in [5.74, 6) is 0. The Morgan fingerprint density at radius 3 is 1.50 bits per heavy atom. The molecule has 0 atom stereocenters. The molecule has 0 bridgehead atoms. The Labute approximate surface area is 99.7 Å². The van der Waals surface area contributed by atoms with Crippen molar-refractivity contribution in [3.8, 4) is 0 Å². The Hall–Kier alpha value is -1.30. The smallest absolute Gasteiger partial charge is 0.0131 e. The highest BCUT2D eigenvalue weighted by Gasteiger charge is 2.15. The summed E-state index contributed by atoms with van der Waals surface area (Å²) in [6, 6.07) is 6.63. The Balaban J connectivity index is 3.42. The Morgan fingerprint density at radius 2 is 1.25 bits per heavy atom. The first-order chi connectivity index (χ1) is 7.21. The van der Waals surface area contributed by atoms with E-state index in [1.54, 1.807) is 0 Å². The average Bonchev–Trinajstić information content (AvgIpc) is 2.15. The van der Waals surface area contributed by atoms with E-state index >= 15 is 0 Å². The van der Waals surface area contributed by atoms with E-state index in [-0.39, 0.29) is 5.41 Å². The van der Waals surface area contributed by atoms with Gasteiger partial charge >= 0.3 is 0 Å². The van der Waals surface area contributed by atoms with Gasteiger partial charge in [0.15, 0.2) is 0 Å². The summed E-state index contributed by atoms with van der Waals surface area (Å²) >= 11 is 0. The molecule has 0 aliphatic heterocycles. The van der Waals surface area contributed by atoms with Crippen LogP contribution in [0.1, 0.15) is 51.3 Å². The zero-order valence-corrected chi connectivity index (χ0v) is 11.1. The van der Waals surface area contributed by atoms with Gasteiger partial charge in [0.1, 0.15) is 0 Å². The molecule has 0 saturated carbocycles. The summed E-state index contributed by atoms with van der Waals surface area (Å²) in [6.07, 6.45) is 0. The van der Waals surface area contributed by atoms with Crippen molar-refractivity contribution in [3.05, 3.63) is 48.0 Å². The zero-order valence-electron chi connectivity index (χ0n) is 11.1. The summed E-state index contributed by atoms with van der Waals surface area (Å²) in [6.45, 7) is 18.8. The number of hydrogen-bond donors (Lipinski definition) is 0. The molecule has 0 aromatic heterocycles. The second kappa shape index (κ2) is 4.29. The lowest BCUT2D eigenvalue weighted by molar-refractivity contribution is 0.590. The first kappa shape index (κ1) is 12.8. The SMILES string of the molecule is C=C(C)c1cc(C(=C)C)cc(C(C)(C)C)c1. The van der Waals surface area contributed by atoms with Crippen LogP contribution in [0.15, 0.2) is 31.4 Å². The van der Waals surface area contributed by atoms with Gasteiger partial charge in [0.05, 0.1) is 0 Å². The highest BCUT2D eigenvalue weighted by Crippen LogP contribution is 2.28. The minimum absolute atomic E-state index is 0.162. The van der Waals surface area contributed by atoms with Gasteiger partial charge in [0.2, 0.25) is 0 Å². The van der Waals surface area contributed by atoms with Crippen LogP contribution in [0.2, 0.25) is 0 Å². The van der Waals surface area contributed by atoms with Crippen molar-refractivity contribution in [2.45, 2.75) is 40.0 Å². The van der Waals surface area contributed by atoms with Gasteiger partial charge in [-0.3, -0.25) is 0 Å². The van der Waals surface area contributed by atoms with Crippen LogP contribution in [0.3, 0.4) is 0 Å². The van der Waals surface area contributed by atoms with Gasteiger partial charge in [-0.25, -0.2) is 0 Å². The molecule has 0 nitrogen and oxygen atoms in total. The Bertz CT molecular complexity index is 396. The normalized spacial score (nSPS) is 11.3. The third kappa shape index (κ3) is 2.85. The van der Waals surface area contributed by atoms with Gasteiger partial charge in [-0.15, -0.1) is 0 Å². The number of allylic oxidation sites excluding steroid dienone is 2. The second-order valence-corrected chi connectivity index (χ2v) is 5.61. The Morgan fingerprint density at radius 1 is 0.875 bits per heavy atom.